The van der Waals surface area contributed by atoms with Crippen molar-refractivity contribution in [2.75, 3.05) is 0 Å². The van der Waals surface area contributed by atoms with E-state index >= 15 is 0 Å². The third-order valence-corrected chi connectivity index (χ3v) is 7.81. The summed E-state index contributed by atoms with van der Waals surface area (Å²) in [7, 11) is 0. The van der Waals surface area contributed by atoms with Gasteiger partial charge in [0, 0.05) is 0 Å². The molecule has 2 aliphatic rings. The van der Waals surface area contributed by atoms with Crippen molar-refractivity contribution in [1.82, 2.24) is 0 Å². The van der Waals surface area contributed by atoms with Gasteiger partial charge in [-0.1, -0.05) is 69.6 Å². The summed E-state index contributed by atoms with van der Waals surface area (Å²) >= 11 is 0. The number of allylic oxidation sites excluding steroid dienone is 2. The van der Waals surface area contributed by atoms with E-state index in [2.05, 4.69) is 13.0 Å². The molecule has 1 unspecified atom stereocenters. The van der Waals surface area contributed by atoms with Crippen molar-refractivity contribution in [2.24, 2.45) is 5.41 Å². The molecule has 0 N–H and O–H groups in total. The van der Waals surface area contributed by atoms with Gasteiger partial charge in [0.25, 0.3) is 0 Å². The number of hydrogen-bond donors (Lipinski definition) is 0. The van der Waals surface area contributed by atoms with Crippen LogP contribution in [0.3, 0.4) is 0 Å². The standard InChI is InChI=1S/C28H42F2/c1-2-3-4-9-17-28(18-10-6-11-19-28)20-16-25(21-23-12-7-5-8-13-23)24-14-15-26(29)27(30)22-24/h12,14-15,22,25H,2-11,13,16-21H2,1H3. The molecular formula is C28H42F2. The highest BCUT2D eigenvalue weighted by Gasteiger charge is 2.32. The van der Waals surface area contributed by atoms with Gasteiger partial charge in [0.05, 0.1) is 0 Å². The third-order valence-electron chi connectivity index (χ3n) is 7.81. The van der Waals surface area contributed by atoms with Gasteiger partial charge in [0.2, 0.25) is 0 Å². The molecule has 0 heterocycles. The molecule has 3 rings (SSSR count). The van der Waals surface area contributed by atoms with E-state index in [0.29, 0.717) is 11.3 Å². The molecule has 2 aliphatic carbocycles. The monoisotopic (exact) mass is 416 g/mol. The van der Waals surface area contributed by atoms with Crippen LogP contribution in [0.2, 0.25) is 0 Å². The average molecular weight is 417 g/mol. The maximum Gasteiger partial charge on any atom is 0.159 e. The Bertz CT molecular complexity index is 669. The van der Waals surface area contributed by atoms with E-state index in [4.69, 9.17) is 0 Å². The summed E-state index contributed by atoms with van der Waals surface area (Å²) in [5.74, 6) is -1.10. The Morgan fingerprint density at radius 3 is 2.43 bits per heavy atom. The molecule has 1 atom stereocenters. The SMILES string of the molecule is CCCCCCC1(CCC(CC2=CCCCC2)c2ccc(F)c(F)c2)CCCCC1. The Morgan fingerprint density at radius 2 is 1.73 bits per heavy atom. The maximum atomic E-state index is 14.0. The molecular weight excluding hydrogens is 374 g/mol. The summed E-state index contributed by atoms with van der Waals surface area (Å²) in [5, 5.41) is 0. The molecule has 168 valence electrons. The van der Waals surface area contributed by atoms with Gasteiger partial charge in [0.1, 0.15) is 0 Å². The third kappa shape index (κ3) is 6.92. The molecule has 1 aromatic carbocycles. The summed E-state index contributed by atoms with van der Waals surface area (Å²) in [4.78, 5) is 0. The van der Waals surface area contributed by atoms with Crippen molar-refractivity contribution >= 4 is 0 Å². The Kier molecular flexibility index (Phi) is 9.40. The molecule has 2 heteroatoms. The van der Waals surface area contributed by atoms with Crippen LogP contribution in [0.5, 0.6) is 0 Å². The minimum atomic E-state index is -0.728. The molecule has 0 aromatic heterocycles. The fourth-order valence-electron chi connectivity index (χ4n) is 5.89. The highest BCUT2D eigenvalue weighted by molar-refractivity contribution is 5.24. The zero-order valence-electron chi connectivity index (χ0n) is 19.2. The summed E-state index contributed by atoms with van der Waals surface area (Å²) in [6.07, 6.45) is 24.3. The Labute approximate surface area is 183 Å². The van der Waals surface area contributed by atoms with Crippen LogP contribution >= 0.6 is 0 Å². The Balaban J connectivity index is 1.71. The van der Waals surface area contributed by atoms with Crippen molar-refractivity contribution < 1.29 is 8.78 Å². The highest BCUT2D eigenvalue weighted by atomic mass is 19.2. The first-order valence-corrected chi connectivity index (χ1v) is 12.7. The minimum Gasteiger partial charge on any atom is -0.204 e. The first-order chi connectivity index (χ1) is 14.6. The molecule has 0 saturated heterocycles. The molecule has 0 spiro atoms. The zero-order chi connectivity index (χ0) is 21.2. The molecule has 0 bridgehead atoms. The fourth-order valence-corrected chi connectivity index (χ4v) is 5.89. The van der Waals surface area contributed by atoms with E-state index in [9.17, 15) is 8.78 Å². The first-order valence-electron chi connectivity index (χ1n) is 12.7. The van der Waals surface area contributed by atoms with Crippen LogP contribution in [0.15, 0.2) is 29.8 Å². The second kappa shape index (κ2) is 12.0. The van der Waals surface area contributed by atoms with Crippen LogP contribution in [0.25, 0.3) is 0 Å². The Morgan fingerprint density at radius 1 is 0.900 bits per heavy atom. The van der Waals surface area contributed by atoms with E-state index in [0.717, 1.165) is 18.4 Å². The number of hydrogen-bond acceptors (Lipinski definition) is 0. The van der Waals surface area contributed by atoms with E-state index in [1.54, 1.807) is 0 Å². The van der Waals surface area contributed by atoms with Gasteiger partial charge < -0.3 is 0 Å². The average Bonchev–Trinajstić information content (AvgIpc) is 2.78. The maximum absolute atomic E-state index is 14.0. The summed E-state index contributed by atoms with van der Waals surface area (Å²) in [6.45, 7) is 2.28. The van der Waals surface area contributed by atoms with E-state index in [1.807, 2.05) is 6.07 Å². The largest absolute Gasteiger partial charge is 0.204 e. The van der Waals surface area contributed by atoms with Crippen LogP contribution in [0.4, 0.5) is 8.78 Å². The van der Waals surface area contributed by atoms with Crippen LogP contribution < -0.4 is 0 Å². The molecule has 1 saturated carbocycles. The van der Waals surface area contributed by atoms with Crippen molar-refractivity contribution in [3.05, 3.63) is 47.0 Å². The second-order valence-electron chi connectivity index (χ2n) is 10.1. The van der Waals surface area contributed by atoms with Crippen LogP contribution in [0.1, 0.15) is 128 Å². The topological polar surface area (TPSA) is 0 Å². The highest BCUT2D eigenvalue weighted by Crippen LogP contribution is 2.47. The van der Waals surface area contributed by atoms with Gasteiger partial charge in [-0.25, -0.2) is 8.78 Å². The molecule has 1 aromatic rings. The van der Waals surface area contributed by atoms with Gasteiger partial charge in [-0.3, -0.25) is 0 Å². The second-order valence-corrected chi connectivity index (χ2v) is 10.1. The van der Waals surface area contributed by atoms with Gasteiger partial charge in [-0.2, -0.15) is 0 Å². The van der Waals surface area contributed by atoms with Gasteiger partial charge in [0.15, 0.2) is 11.6 Å². The smallest absolute Gasteiger partial charge is 0.159 e. The number of rotatable bonds is 11. The molecule has 1 fully saturated rings. The van der Waals surface area contributed by atoms with E-state index in [1.165, 1.54) is 114 Å². The predicted molar refractivity (Wildman–Crippen MR) is 124 cm³/mol. The van der Waals surface area contributed by atoms with Gasteiger partial charge in [-0.05, 0) is 93.2 Å². The number of unbranched alkanes of at least 4 members (excludes halogenated alkanes) is 3. The summed E-state index contributed by atoms with van der Waals surface area (Å²) in [6, 6.07) is 4.63. The fraction of sp³-hybridized carbons (Fsp3) is 0.714. The molecule has 0 aliphatic heterocycles. The van der Waals surface area contributed by atoms with Crippen molar-refractivity contribution in [2.45, 2.75) is 122 Å². The summed E-state index contributed by atoms with van der Waals surface area (Å²) < 4.78 is 27.6. The number of halogens is 2. The van der Waals surface area contributed by atoms with Crippen LogP contribution in [0, 0.1) is 17.0 Å². The number of benzene rings is 1. The normalized spacial score (nSPS) is 20.0. The van der Waals surface area contributed by atoms with Crippen molar-refractivity contribution in [3.8, 4) is 0 Å². The lowest BCUT2D eigenvalue weighted by molar-refractivity contribution is 0.144. The minimum absolute atomic E-state index is 0.318. The first kappa shape index (κ1) is 23.5. The van der Waals surface area contributed by atoms with E-state index < -0.39 is 11.6 Å². The Hall–Kier alpha value is -1.18. The van der Waals surface area contributed by atoms with Gasteiger partial charge in [-0.15, -0.1) is 0 Å². The van der Waals surface area contributed by atoms with Crippen molar-refractivity contribution in [3.63, 3.8) is 0 Å². The lowest BCUT2D eigenvalue weighted by Crippen LogP contribution is -2.25. The lowest BCUT2D eigenvalue weighted by Gasteiger charge is -2.39. The molecule has 30 heavy (non-hydrogen) atoms. The quantitative estimate of drug-likeness (QED) is 0.249. The van der Waals surface area contributed by atoms with Crippen LogP contribution in [-0.2, 0) is 0 Å². The lowest BCUT2D eigenvalue weighted by atomic mass is 9.66. The zero-order valence-corrected chi connectivity index (χ0v) is 19.2. The van der Waals surface area contributed by atoms with Crippen molar-refractivity contribution in [1.29, 1.82) is 0 Å². The van der Waals surface area contributed by atoms with Gasteiger partial charge >= 0.3 is 0 Å². The predicted octanol–water partition coefficient (Wildman–Crippen LogP) is 9.64. The summed E-state index contributed by atoms with van der Waals surface area (Å²) in [5.41, 5.74) is 3.03. The van der Waals surface area contributed by atoms with E-state index in [-0.39, 0.29) is 0 Å². The molecule has 0 radical (unpaired) electrons. The molecule has 0 nitrogen and oxygen atoms in total. The van der Waals surface area contributed by atoms with Crippen LogP contribution in [-0.4, -0.2) is 0 Å². The molecule has 0 amide bonds.